The number of hydrogen-bond donors (Lipinski definition) is 6. The van der Waals surface area contributed by atoms with E-state index in [1.807, 2.05) is 83.1 Å². The van der Waals surface area contributed by atoms with Gasteiger partial charge in [-0.25, -0.2) is 0 Å². The summed E-state index contributed by atoms with van der Waals surface area (Å²) < 4.78 is 5.67. The van der Waals surface area contributed by atoms with Gasteiger partial charge in [0.05, 0.1) is 24.4 Å². The molecule has 5 unspecified atom stereocenters. The molecule has 0 saturated carbocycles. The lowest BCUT2D eigenvalue weighted by atomic mass is 9.66. The van der Waals surface area contributed by atoms with Gasteiger partial charge in [0.2, 0.25) is 0 Å². The zero-order chi connectivity index (χ0) is 48.1. The Hall–Kier alpha value is -3.63. The number of aromatic hydroxyl groups is 2. The van der Waals surface area contributed by atoms with Gasteiger partial charge in [-0.15, -0.1) is 0 Å². The fourth-order valence-electron chi connectivity index (χ4n) is 8.87. The van der Waals surface area contributed by atoms with E-state index in [-0.39, 0.29) is 23.5 Å². The summed E-state index contributed by atoms with van der Waals surface area (Å²) >= 11 is 0. The number of rotatable bonds is 25. The molecule has 0 saturated heterocycles. The number of phenolic OH excluding ortho intramolecular Hbond substituents is 2. The molecule has 0 amide bonds. The summed E-state index contributed by atoms with van der Waals surface area (Å²) in [6.07, 6.45) is 12.9. The van der Waals surface area contributed by atoms with Gasteiger partial charge in [-0.3, -0.25) is 14.4 Å². The summed E-state index contributed by atoms with van der Waals surface area (Å²) in [5.74, 6) is -9.36. The zero-order valence-electron chi connectivity index (χ0n) is 41.3. The Morgan fingerprint density at radius 1 is 0.540 bits per heavy atom. The summed E-state index contributed by atoms with van der Waals surface area (Å²) in [7, 11) is 0. The first-order valence-electron chi connectivity index (χ1n) is 23.8. The molecule has 0 spiro atoms. The summed E-state index contributed by atoms with van der Waals surface area (Å²) in [5.41, 5.74) is 0.0260. The van der Waals surface area contributed by atoms with Gasteiger partial charge in [-0.1, -0.05) is 198 Å². The molecule has 10 heteroatoms. The smallest absolute Gasteiger partial charge is 0.311 e. The lowest BCUT2D eigenvalue weighted by Gasteiger charge is -2.37. The molecule has 2 rings (SSSR count). The molecule has 0 fully saturated rings. The largest absolute Gasteiger partial charge is 0.507 e. The van der Waals surface area contributed by atoms with Crippen LogP contribution < -0.4 is 0 Å². The molecule has 0 aliphatic carbocycles. The number of benzene rings is 2. The zero-order valence-corrected chi connectivity index (χ0v) is 41.3. The van der Waals surface area contributed by atoms with Crippen molar-refractivity contribution in [2.24, 2.45) is 11.8 Å². The summed E-state index contributed by atoms with van der Waals surface area (Å²) in [5, 5.41) is 66.1. The standard InChI is InChI=1S/C53H86O10/c1-14-15-16-17-18-19-20-21-22-23-24-25-26-27-37(42(47(58)59)34-28-38(50(2,3)4)45(56)39(29-34)51(5,6)7)44(49(62)63-33-36(55)32-54)43(48(60)61)35-30-40(52(8,9)10)46(57)41(31-35)53(11,12)13/h28-31,36-37,42-44,54-57H,14-27,32-33H2,1-13H3,(H,58,59)(H,60,61). The Morgan fingerprint density at radius 3 is 1.16 bits per heavy atom. The van der Waals surface area contributed by atoms with Gasteiger partial charge in [-0.05, 0) is 67.4 Å². The molecule has 63 heavy (non-hydrogen) atoms. The number of aliphatic carboxylic acids is 2. The maximum Gasteiger partial charge on any atom is 0.311 e. The predicted octanol–water partition coefficient (Wildman–Crippen LogP) is 11.9. The van der Waals surface area contributed by atoms with Crippen molar-refractivity contribution in [3.8, 4) is 11.5 Å². The second-order valence-corrected chi connectivity index (χ2v) is 22.2. The topological polar surface area (TPSA) is 182 Å². The van der Waals surface area contributed by atoms with E-state index >= 15 is 0 Å². The van der Waals surface area contributed by atoms with Crippen molar-refractivity contribution in [3.63, 3.8) is 0 Å². The monoisotopic (exact) mass is 883 g/mol. The number of hydrogen-bond acceptors (Lipinski definition) is 8. The van der Waals surface area contributed by atoms with Crippen molar-refractivity contribution in [2.45, 2.75) is 219 Å². The number of phenols is 2. The van der Waals surface area contributed by atoms with Crippen molar-refractivity contribution < 1.29 is 49.8 Å². The minimum atomic E-state index is -1.64. The highest BCUT2D eigenvalue weighted by atomic mass is 16.5. The number of ether oxygens (including phenoxy) is 1. The van der Waals surface area contributed by atoms with Crippen LogP contribution in [0, 0.1) is 11.8 Å². The third kappa shape index (κ3) is 16.4. The lowest BCUT2D eigenvalue weighted by molar-refractivity contribution is -0.161. The molecule has 0 aromatic heterocycles. The minimum absolute atomic E-state index is 0.0218. The molecule has 10 nitrogen and oxygen atoms in total. The fraction of sp³-hybridized carbons (Fsp3) is 0.717. The third-order valence-corrected chi connectivity index (χ3v) is 12.5. The van der Waals surface area contributed by atoms with Crippen LogP contribution in [0.2, 0.25) is 0 Å². The first kappa shape index (κ1) is 55.5. The van der Waals surface area contributed by atoms with Crippen molar-refractivity contribution >= 4 is 17.9 Å². The van der Waals surface area contributed by atoms with Gasteiger partial charge < -0.3 is 35.4 Å². The Balaban J connectivity index is 2.92. The third-order valence-electron chi connectivity index (χ3n) is 12.5. The Morgan fingerprint density at radius 2 is 0.857 bits per heavy atom. The normalized spacial score (nSPS) is 15.1. The maximum atomic E-state index is 14.8. The van der Waals surface area contributed by atoms with Crippen LogP contribution in [0.15, 0.2) is 24.3 Å². The van der Waals surface area contributed by atoms with Crippen LogP contribution in [0.4, 0.5) is 0 Å². The van der Waals surface area contributed by atoms with Gasteiger partial charge in [0.1, 0.15) is 24.2 Å². The first-order chi connectivity index (χ1) is 29.1. The van der Waals surface area contributed by atoms with E-state index in [2.05, 4.69) is 6.92 Å². The molecule has 0 aliphatic heterocycles. The van der Waals surface area contributed by atoms with Gasteiger partial charge in [0.15, 0.2) is 0 Å². The van der Waals surface area contributed by atoms with E-state index in [1.54, 1.807) is 24.3 Å². The number of aliphatic hydroxyl groups is 2. The highest BCUT2D eigenvalue weighted by Crippen LogP contribution is 2.49. The van der Waals surface area contributed by atoms with Crippen LogP contribution in [0.25, 0.3) is 0 Å². The fourth-order valence-corrected chi connectivity index (χ4v) is 8.87. The van der Waals surface area contributed by atoms with Gasteiger partial charge in [0, 0.05) is 0 Å². The average Bonchev–Trinajstić information content (AvgIpc) is 3.15. The van der Waals surface area contributed by atoms with Crippen molar-refractivity contribution in [1.82, 2.24) is 0 Å². The van der Waals surface area contributed by atoms with Gasteiger partial charge >= 0.3 is 17.9 Å². The van der Waals surface area contributed by atoms with Gasteiger partial charge in [0.25, 0.3) is 0 Å². The van der Waals surface area contributed by atoms with E-state index in [0.717, 1.165) is 32.1 Å². The predicted molar refractivity (Wildman–Crippen MR) is 253 cm³/mol. The van der Waals surface area contributed by atoms with Crippen LogP contribution in [-0.4, -0.2) is 67.9 Å². The van der Waals surface area contributed by atoms with E-state index in [0.29, 0.717) is 34.2 Å². The quantitative estimate of drug-likeness (QED) is 0.0415. The number of aliphatic hydroxyl groups excluding tert-OH is 2. The highest BCUT2D eigenvalue weighted by molar-refractivity contribution is 5.87. The van der Waals surface area contributed by atoms with Crippen molar-refractivity contribution in [3.05, 3.63) is 57.6 Å². The molecule has 0 radical (unpaired) electrons. The Labute approximate surface area is 380 Å². The van der Waals surface area contributed by atoms with E-state index < -0.39 is 82.6 Å². The van der Waals surface area contributed by atoms with Crippen LogP contribution in [0.1, 0.15) is 225 Å². The SMILES string of the molecule is CCCCCCCCCCCCCCCC(C(C(=O)O)c1cc(C(C)(C)C)c(O)c(C(C)(C)C)c1)C(C(=O)OCC(O)CO)C(C(=O)O)c1cc(C(C)(C)C)c(O)c(C(C)(C)C)c1. The molecule has 5 atom stereocenters. The number of esters is 1. The summed E-state index contributed by atoms with van der Waals surface area (Å²) in [6.45, 7) is 23.9. The molecule has 6 N–H and O–H groups in total. The minimum Gasteiger partial charge on any atom is -0.507 e. The number of carboxylic acid groups (broad SMARTS) is 2. The second-order valence-electron chi connectivity index (χ2n) is 22.2. The van der Waals surface area contributed by atoms with E-state index in [9.17, 15) is 45.0 Å². The van der Waals surface area contributed by atoms with Crippen LogP contribution in [-0.2, 0) is 40.8 Å². The Kier molecular flexibility index (Phi) is 21.2. The summed E-state index contributed by atoms with van der Waals surface area (Å²) in [4.78, 5) is 42.7. The first-order valence-corrected chi connectivity index (χ1v) is 23.8. The number of carbonyl (C=O) groups excluding carboxylic acids is 1. The molecule has 2 aromatic carbocycles. The number of carboxylic acids is 2. The number of unbranched alkanes of at least 4 members (excludes halogenated alkanes) is 12. The summed E-state index contributed by atoms with van der Waals surface area (Å²) in [6, 6.07) is 6.59. The average molecular weight is 883 g/mol. The highest BCUT2D eigenvalue weighted by Gasteiger charge is 2.48. The lowest BCUT2D eigenvalue weighted by Crippen LogP contribution is -2.41. The van der Waals surface area contributed by atoms with Crippen LogP contribution in [0.5, 0.6) is 11.5 Å². The molecule has 0 heterocycles. The van der Waals surface area contributed by atoms with E-state index in [4.69, 9.17) is 4.74 Å². The van der Waals surface area contributed by atoms with Crippen molar-refractivity contribution in [2.75, 3.05) is 13.2 Å². The molecular weight excluding hydrogens is 797 g/mol. The number of carbonyl (C=O) groups is 3. The second kappa shape index (κ2) is 24.1. The van der Waals surface area contributed by atoms with E-state index in [1.165, 1.54) is 44.9 Å². The Bertz CT molecular complexity index is 1700. The van der Waals surface area contributed by atoms with Gasteiger partial charge in [-0.2, -0.15) is 0 Å². The maximum absolute atomic E-state index is 14.8. The molecule has 0 aliphatic rings. The molecule has 2 aromatic rings. The molecule has 0 bridgehead atoms. The molecule has 358 valence electrons. The van der Waals surface area contributed by atoms with Crippen molar-refractivity contribution in [1.29, 1.82) is 0 Å². The van der Waals surface area contributed by atoms with Crippen LogP contribution in [0.3, 0.4) is 0 Å². The molecular formula is C53H86O10. The van der Waals surface area contributed by atoms with Crippen LogP contribution >= 0.6 is 0 Å².